The van der Waals surface area contributed by atoms with Crippen molar-refractivity contribution < 1.29 is 9.59 Å². The number of amides is 2. The number of unbranched alkanes of at least 4 members (excludes halogenated alkanes) is 2. The van der Waals surface area contributed by atoms with E-state index in [0.717, 1.165) is 30.6 Å². The largest absolute Gasteiger partial charge is 0.355 e. The van der Waals surface area contributed by atoms with Gasteiger partial charge in [-0.05, 0) is 48.9 Å². The van der Waals surface area contributed by atoms with Crippen LogP contribution in [0.3, 0.4) is 0 Å². The molecule has 154 valence electrons. The summed E-state index contributed by atoms with van der Waals surface area (Å²) in [4.78, 5) is 24.9. The standard InChI is InChI=1S/C25H27N3O2/c1-2-3-5-17-24(29)27-20-13-10-14-21(18-20)28-25(30)22-15-8-9-16-23(22)26-19-11-6-4-7-12-19/h4,6-16,18,26H,2-3,5,17H2,1H3,(H,27,29)(H,28,30). The number of anilines is 4. The molecule has 0 aliphatic carbocycles. The van der Waals surface area contributed by atoms with Crippen LogP contribution in [0.25, 0.3) is 0 Å². The van der Waals surface area contributed by atoms with Crippen molar-refractivity contribution in [2.75, 3.05) is 16.0 Å². The molecule has 0 radical (unpaired) electrons. The zero-order valence-corrected chi connectivity index (χ0v) is 17.2. The van der Waals surface area contributed by atoms with Crippen molar-refractivity contribution in [3.63, 3.8) is 0 Å². The number of para-hydroxylation sites is 2. The van der Waals surface area contributed by atoms with E-state index >= 15 is 0 Å². The number of hydrogen-bond acceptors (Lipinski definition) is 3. The second kappa shape index (κ2) is 10.8. The van der Waals surface area contributed by atoms with Crippen molar-refractivity contribution in [2.45, 2.75) is 32.6 Å². The predicted octanol–water partition coefficient (Wildman–Crippen LogP) is 6.20. The van der Waals surface area contributed by atoms with E-state index in [0.29, 0.717) is 23.4 Å². The highest BCUT2D eigenvalue weighted by Crippen LogP contribution is 2.23. The molecule has 0 saturated heterocycles. The molecule has 0 aliphatic heterocycles. The summed E-state index contributed by atoms with van der Waals surface area (Å²) in [6.45, 7) is 2.11. The second-order valence-electron chi connectivity index (χ2n) is 7.08. The number of rotatable bonds is 9. The Hall–Kier alpha value is -3.60. The summed E-state index contributed by atoms with van der Waals surface area (Å²) in [5.74, 6) is -0.232. The monoisotopic (exact) mass is 401 g/mol. The van der Waals surface area contributed by atoms with Crippen molar-refractivity contribution in [2.24, 2.45) is 0 Å². The fraction of sp³-hybridized carbons (Fsp3) is 0.200. The van der Waals surface area contributed by atoms with Crippen LogP contribution >= 0.6 is 0 Å². The van der Waals surface area contributed by atoms with Crippen LogP contribution in [-0.4, -0.2) is 11.8 Å². The highest BCUT2D eigenvalue weighted by molar-refractivity contribution is 6.08. The van der Waals surface area contributed by atoms with Gasteiger partial charge in [0.05, 0.1) is 11.3 Å². The maximum atomic E-state index is 12.9. The normalized spacial score (nSPS) is 10.3. The fourth-order valence-electron chi connectivity index (χ4n) is 3.10. The van der Waals surface area contributed by atoms with Gasteiger partial charge in [-0.1, -0.05) is 56.2 Å². The van der Waals surface area contributed by atoms with Crippen LogP contribution in [0.15, 0.2) is 78.9 Å². The van der Waals surface area contributed by atoms with Crippen molar-refractivity contribution in [3.05, 3.63) is 84.4 Å². The zero-order valence-electron chi connectivity index (χ0n) is 17.2. The lowest BCUT2D eigenvalue weighted by molar-refractivity contribution is -0.116. The molecule has 3 rings (SSSR count). The number of nitrogens with one attached hydrogen (secondary N) is 3. The van der Waals surface area contributed by atoms with Gasteiger partial charge in [-0.25, -0.2) is 0 Å². The van der Waals surface area contributed by atoms with E-state index in [1.54, 1.807) is 18.2 Å². The molecule has 0 aliphatic rings. The van der Waals surface area contributed by atoms with E-state index < -0.39 is 0 Å². The van der Waals surface area contributed by atoms with Gasteiger partial charge in [0.1, 0.15) is 0 Å². The highest BCUT2D eigenvalue weighted by Gasteiger charge is 2.12. The van der Waals surface area contributed by atoms with Crippen molar-refractivity contribution in [3.8, 4) is 0 Å². The molecule has 3 N–H and O–H groups in total. The summed E-state index contributed by atoms with van der Waals surface area (Å²) in [6.07, 6.45) is 3.50. The molecule has 0 aromatic heterocycles. The molecular weight excluding hydrogens is 374 g/mol. The first-order valence-corrected chi connectivity index (χ1v) is 10.3. The Kier molecular flexibility index (Phi) is 7.61. The summed E-state index contributed by atoms with van der Waals surface area (Å²) in [6, 6.07) is 24.3. The second-order valence-corrected chi connectivity index (χ2v) is 7.08. The third kappa shape index (κ3) is 6.21. The van der Waals surface area contributed by atoms with Gasteiger partial charge >= 0.3 is 0 Å². The quantitative estimate of drug-likeness (QED) is 0.374. The van der Waals surface area contributed by atoms with E-state index in [9.17, 15) is 9.59 Å². The molecule has 3 aromatic rings. The van der Waals surface area contributed by atoms with Crippen LogP contribution in [0.1, 0.15) is 43.0 Å². The highest BCUT2D eigenvalue weighted by atomic mass is 16.2. The molecule has 0 heterocycles. The predicted molar refractivity (Wildman–Crippen MR) is 123 cm³/mol. The fourth-order valence-corrected chi connectivity index (χ4v) is 3.10. The molecule has 0 spiro atoms. The van der Waals surface area contributed by atoms with E-state index in [2.05, 4.69) is 22.9 Å². The maximum Gasteiger partial charge on any atom is 0.257 e. The van der Waals surface area contributed by atoms with Crippen LogP contribution in [0.4, 0.5) is 22.7 Å². The van der Waals surface area contributed by atoms with Crippen molar-refractivity contribution in [1.82, 2.24) is 0 Å². The summed E-state index contributed by atoms with van der Waals surface area (Å²) in [5, 5.41) is 9.10. The van der Waals surface area contributed by atoms with Gasteiger partial charge in [0, 0.05) is 23.5 Å². The topological polar surface area (TPSA) is 70.2 Å². The van der Waals surface area contributed by atoms with Gasteiger partial charge in [0.2, 0.25) is 5.91 Å². The Morgan fingerprint density at radius 2 is 1.40 bits per heavy atom. The number of carbonyl (C=O) groups is 2. The van der Waals surface area contributed by atoms with E-state index in [4.69, 9.17) is 0 Å². The molecule has 0 fully saturated rings. The lowest BCUT2D eigenvalue weighted by atomic mass is 10.1. The Balaban J connectivity index is 1.67. The van der Waals surface area contributed by atoms with E-state index in [1.807, 2.05) is 60.7 Å². The Morgan fingerprint density at radius 3 is 2.17 bits per heavy atom. The van der Waals surface area contributed by atoms with Crippen LogP contribution in [-0.2, 0) is 4.79 Å². The number of hydrogen-bond donors (Lipinski definition) is 3. The third-order valence-corrected chi connectivity index (χ3v) is 4.64. The van der Waals surface area contributed by atoms with E-state index in [-0.39, 0.29) is 11.8 Å². The Bertz CT molecular complexity index is 986. The molecular formula is C25H27N3O2. The molecule has 0 saturated carbocycles. The van der Waals surface area contributed by atoms with Gasteiger partial charge < -0.3 is 16.0 Å². The molecule has 0 unspecified atom stereocenters. The van der Waals surface area contributed by atoms with Crippen LogP contribution in [0.2, 0.25) is 0 Å². The molecule has 5 nitrogen and oxygen atoms in total. The summed E-state index contributed by atoms with van der Waals surface area (Å²) >= 11 is 0. The zero-order chi connectivity index (χ0) is 21.2. The first-order valence-electron chi connectivity index (χ1n) is 10.3. The lowest BCUT2D eigenvalue weighted by Crippen LogP contribution is -2.15. The van der Waals surface area contributed by atoms with Crippen LogP contribution in [0, 0.1) is 0 Å². The minimum Gasteiger partial charge on any atom is -0.355 e. The average molecular weight is 402 g/mol. The summed E-state index contributed by atoms with van der Waals surface area (Å²) in [7, 11) is 0. The first kappa shape index (κ1) is 21.1. The van der Waals surface area contributed by atoms with Crippen LogP contribution < -0.4 is 16.0 Å². The molecule has 2 amide bonds. The molecule has 5 heteroatoms. The first-order chi connectivity index (χ1) is 14.7. The Morgan fingerprint density at radius 1 is 0.733 bits per heavy atom. The smallest absolute Gasteiger partial charge is 0.257 e. The number of benzene rings is 3. The summed E-state index contributed by atoms with van der Waals surface area (Å²) < 4.78 is 0. The van der Waals surface area contributed by atoms with Gasteiger partial charge in [0.25, 0.3) is 5.91 Å². The molecule has 0 bridgehead atoms. The molecule has 30 heavy (non-hydrogen) atoms. The average Bonchev–Trinajstić information content (AvgIpc) is 2.75. The van der Waals surface area contributed by atoms with Gasteiger partial charge in [0.15, 0.2) is 0 Å². The Labute approximate surface area is 177 Å². The summed E-state index contributed by atoms with van der Waals surface area (Å²) in [5.41, 5.74) is 3.47. The number of carbonyl (C=O) groups excluding carboxylic acids is 2. The van der Waals surface area contributed by atoms with Gasteiger partial charge in [-0.15, -0.1) is 0 Å². The minimum atomic E-state index is -0.222. The van der Waals surface area contributed by atoms with Crippen molar-refractivity contribution >= 4 is 34.6 Å². The van der Waals surface area contributed by atoms with Gasteiger partial charge in [-0.3, -0.25) is 9.59 Å². The van der Waals surface area contributed by atoms with Crippen molar-refractivity contribution in [1.29, 1.82) is 0 Å². The van der Waals surface area contributed by atoms with Gasteiger partial charge in [-0.2, -0.15) is 0 Å². The maximum absolute atomic E-state index is 12.9. The third-order valence-electron chi connectivity index (χ3n) is 4.64. The molecule has 3 aromatic carbocycles. The van der Waals surface area contributed by atoms with Crippen LogP contribution in [0.5, 0.6) is 0 Å². The lowest BCUT2D eigenvalue weighted by Gasteiger charge is -2.13. The van der Waals surface area contributed by atoms with E-state index in [1.165, 1.54) is 0 Å². The SMILES string of the molecule is CCCCCC(=O)Nc1cccc(NC(=O)c2ccccc2Nc2ccccc2)c1. The minimum absolute atomic E-state index is 0.00988. The molecule has 0 atom stereocenters.